The minimum Gasteiger partial charge on any atom is -0.451 e. The average molecular weight is 577 g/mol. The van der Waals surface area contributed by atoms with Crippen LogP contribution < -0.4 is 10.6 Å². The number of aliphatic hydroxyl groups is 2. The lowest BCUT2D eigenvalue weighted by molar-refractivity contribution is -0.0261. The molecule has 0 saturated carbocycles. The second kappa shape index (κ2) is 13.6. The Morgan fingerprint density at radius 2 is 1.00 bits per heavy atom. The van der Waals surface area contributed by atoms with Crippen LogP contribution in [0.5, 0.6) is 0 Å². The molecule has 0 aliphatic heterocycles. The highest BCUT2D eigenvalue weighted by Crippen LogP contribution is 2.55. The molecular weight excluding hydrogens is 543 g/mol. The molecular formula is C36H33O5P. The number of hydrogen-bond acceptors (Lipinski definition) is 5. The molecule has 0 amide bonds. The Morgan fingerprint density at radius 1 is 0.595 bits per heavy atom. The summed E-state index contributed by atoms with van der Waals surface area (Å²) in [6, 6.07) is 44.9. The average Bonchev–Trinajstić information content (AvgIpc) is 3.07. The van der Waals surface area contributed by atoms with Crippen LogP contribution in [0.2, 0.25) is 0 Å². The van der Waals surface area contributed by atoms with Crippen molar-refractivity contribution in [1.82, 2.24) is 0 Å². The molecule has 0 aliphatic rings. The summed E-state index contributed by atoms with van der Waals surface area (Å²) >= 11 is 0. The molecule has 0 bridgehead atoms. The van der Waals surface area contributed by atoms with Gasteiger partial charge in [-0.15, -0.1) is 0 Å². The smallest absolute Gasteiger partial charge is 0.338 e. The first-order valence-corrected chi connectivity index (χ1v) is 15.7. The molecule has 0 spiro atoms. The zero-order valence-electron chi connectivity index (χ0n) is 23.0. The third-order valence-corrected chi connectivity index (χ3v) is 11.0. The first-order valence-electron chi connectivity index (χ1n) is 13.9. The molecule has 0 fully saturated rings. The summed E-state index contributed by atoms with van der Waals surface area (Å²) in [5.74, 6) is -0.585. The fraction of sp³-hybridized carbons (Fsp3) is 0.139. The van der Waals surface area contributed by atoms with Crippen LogP contribution in [-0.4, -0.2) is 27.9 Å². The van der Waals surface area contributed by atoms with E-state index in [2.05, 4.69) is 0 Å². The second-order valence-electron chi connectivity index (χ2n) is 10.2. The van der Waals surface area contributed by atoms with Crippen molar-refractivity contribution >= 4 is 23.7 Å². The van der Waals surface area contributed by atoms with Crippen LogP contribution >= 0.6 is 7.14 Å². The molecule has 5 aromatic carbocycles. The summed E-state index contributed by atoms with van der Waals surface area (Å²) in [5.41, 5.74) is 0.586. The highest BCUT2D eigenvalue weighted by atomic mass is 31.2. The van der Waals surface area contributed by atoms with Gasteiger partial charge in [-0.3, -0.25) is 0 Å². The highest BCUT2D eigenvalue weighted by Gasteiger charge is 2.44. The van der Waals surface area contributed by atoms with Crippen molar-refractivity contribution in [3.63, 3.8) is 0 Å². The molecule has 2 N–H and O–H groups in total. The monoisotopic (exact) mass is 576 g/mol. The van der Waals surface area contributed by atoms with Crippen LogP contribution in [-0.2, 0) is 9.30 Å². The predicted molar refractivity (Wildman–Crippen MR) is 167 cm³/mol. The summed E-state index contributed by atoms with van der Waals surface area (Å²) < 4.78 is 21.4. The number of rotatable bonds is 11. The third-order valence-electron chi connectivity index (χ3n) is 7.46. The van der Waals surface area contributed by atoms with Gasteiger partial charge in [-0.25, -0.2) is 4.79 Å². The largest absolute Gasteiger partial charge is 0.451 e. The van der Waals surface area contributed by atoms with Crippen molar-refractivity contribution in [1.29, 1.82) is 0 Å². The van der Waals surface area contributed by atoms with E-state index in [1.54, 1.807) is 91.0 Å². The van der Waals surface area contributed by atoms with E-state index in [-0.39, 0.29) is 6.42 Å². The summed E-state index contributed by atoms with van der Waals surface area (Å²) in [5, 5.41) is 24.9. The Hall–Kier alpha value is -4.28. The van der Waals surface area contributed by atoms with Crippen LogP contribution in [0, 0.1) is 0 Å². The number of aliphatic hydroxyl groups excluding tert-OH is 2. The van der Waals surface area contributed by atoms with E-state index in [0.717, 1.165) is 0 Å². The normalized spacial score (nSPS) is 14.3. The van der Waals surface area contributed by atoms with E-state index >= 15 is 4.57 Å². The number of ether oxygens (including phenoxy) is 1. The van der Waals surface area contributed by atoms with E-state index in [1.165, 1.54) is 0 Å². The Labute approximate surface area is 246 Å². The van der Waals surface area contributed by atoms with Crippen LogP contribution in [0.15, 0.2) is 152 Å². The maximum Gasteiger partial charge on any atom is 0.338 e. The van der Waals surface area contributed by atoms with Crippen molar-refractivity contribution < 1.29 is 24.3 Å². The number of carbonyl (C=O) groups excluding carboxylic acids is 1. The Morgan fingerprint density at radius 3 is 1.48 bits per heavy atom. The molecule has 0 aromatic heterocycles. The van der Waals surface area contributed by atoms with Crippen molar-refractivity contribution in [3.8, 4) is 0 Å². The van der Waals surface area contributed by atoms with Gasteiger partial charge in [0.25, 0.3) is 0 Å². The molecule has 5 nitrogen and oxygen atoms in total. The summed E-state index contributed by atoms with van der Waals surface area (Å²) in [6.07, 6.45) is -3.65. The fourth-order valence-corrected chi connectivity index (χ4v) is 8.70. The van der Waals surface area contributed by atoms with Crippen molar-refractivity contribution in [3.05, 3.63) is 168 Å². The number of hydrogen-bond donors (Lipinski definition) is 2. The lowest BCUT2D eigenvalue weighted by atomic mass is 9.96. The van der Waals surface area contributed by atoms with E-state index in [4.69, 9.17) is 4.74 Å². The highest BCUT2D eigenvalue weighted by molar-refractivity contribution is 7.79. The molecule has 212 valence electrons. The number of esters is 1. The Kier molecular flexibility index (Phi) is 9.45. The Bertz CT molecular complexity index is 1550. The summed E-state index contributed by atoms with van der Waals surface area (Å²) in [6.45, 7) is 0. The fourth-order valence-electron chi connectivity index (χ4n) is 5.32. The molecule has 4 atom stereocenters. The minimum absolute atomic E-state index is 0.112. The molecule has 0 unspecified atom stereocenters. The van der Waals surface area contributed by atoms with Crippen molar-refractivity contribution in [2.24, 2.45) is 0 Å². The van der Waals surface area contributed by atoms with Crippen LogP contribution in [0.3, 0.4) is 0 Å². The van der Waals surface area contributed by atoms with Gasteiger partial charge in [0.1, 0.15) is 7.14 Å². The van der Waals surface area contributed by atoms with E-state index in [1.807, 2.05) is 60.7 Å². The van der Waals surface area contributed by atoms with Gasteiger partial charge in [-0.2, -0.15) is 0 Å². The van der Waals surface area contributed by atoms with Gasteiger partial charge in [0.15, 0.2) is 6.10 Å². The van der Waals surface area contributed by atoms with Gasteiger partial charge in [0.2, 0.25) is 0 Å². The first kappa shape index (κ1) is 29.2. The van der Waals surface area contributed by atoms with Crippen LogP contribution in [0.4, 0.5) is 0 Å². The topological polar surface area (TPSA) is 83.8 Å². The SMILES string of the molecule is O=C(O[C@@H](c1ccccc1)[C@@H](O)C[C@H]([C@H](O)c1ccccc1)P(=O)(c1ccccc1)c1ccccc1)c1ccccc1. The molecule has 0 aliphatic carbocycles. The quantitative estimate of drug-likeness (QED) is 0.139. The summed E-state index contributed by atoms with van der Waals surface area (Å²) in [4.78, 5) is 13.2. The van der Waals surface area contributed by atoms with E-state index in [9.17, 15) is 15.0 Å². The van der Waals surface area contributed by atoms with Crippen molar-refractivity contribution in [2.45, 2.75) is 30.4 Å². The lowest BCUT2D eigenvalue weighted by Crippen LogP contribution is -2.36. The van der Waals surface area contributed by atoms with Gasteiger partial charge < -0.3 is 19.5 Å². The van der Waals surface area contributed by atoms with Gasteiger partial charge >= 0.3 is 5.97 Å². The van der Waals surface area contributed by atoms with Crippen molar-refractivity contribution in [2.75, 3.05) is 0 Å². The van der Waals surface area contributed by atoms with Crippen LogP contribution in [0.25, 0.3) is 0 Å². The first-order chi connectivity index (χ1) is 20.5. The summed E-state index contributed by atoms with van der Waals surface area (Å²) in [7, 11) is -3.58. The predicted octanol–water partition coefficient (Wildman–Crippen LogP) is 6.45. The number of benzene rings is 5. The van der Waals surface area contributed by atoms with E-state index < -0.39 is 37.1 Å². The number of carbonyl (C=O) groups is 1. The lowest BCUT2D eigenvalue weighted by Gasteiger charge is -2.35. The molecule has 0 radical (unpaired) electrons. The minimum atomic E-state index is -3.58. The standard InChI is InChI=1S/C36H33O5P/c37-32(35(28-18-8-2-9-19-28)41-36(39)29-20-10-3-11-21-29)26-33(34(38)27-16-6-1-7-17-27)42(40,30-22-12-4-13-23-30)31-24-14-5-15-25-31/h1-25,32-35,37-38H,26H2/t32-,33+,34+,35-/m0/s1. The molecule has 6 heteroatoms. The molecule has 0 heterocycles. The molecule has 5 aromatic rings. The molecule has 42 heavy (non-hydrogen) atoms. The second-order valence-corrected chi connectivity index (χ2v) is 13.2. The van der Waals surface area contributed by atoms with Gasteiger partial charge in [-0.05, 0) is 29.7 Å². The van der Waals surface area contributed by atoms with Crippen LogP contribution in [0.1, 0.15) is 40.1 Å². The zero-order chi connectivity index (χ0) is 29.4. The maximum absolute atomic E-state index is 15.5. The van der Waals surface area contributed by atoms with Gasteiger partial charge in [0.05, 0.1) is 23.4 Å². The van der Waals surface area contributed by atoms with Gasteiger partial charge in [-0.1, -0.05) is 140 Å². The van der Waals surface area contributed by atoms with Gasteiger partial charge in [0, 0.05) is 10.6 Å². The maximum atomic E-state index is 15.5. The Balaban J connectivity index is 1.60. The van der Waals surface area contributed by atoms with E-state index in [0.29, 0.717) is 27.3 Å². The zero-order valence-corrected chi connectivity index (χ0v) is 23.9. The third kappa shape index (κ3) is 6.45. The molecule has 0 saturated heterocycles. The molecule has 5 rings (SSSR count).